The first-order valence-corrected chi connectivity index (χ1v) is 9.92. The fourth-order valence-corrected chi connectivity index (χ4v) is 3.02. The van der Waals surface area contributed by atoms with Gasteiger partial charge in [0.2, 0.25) is 5.91 Å². The van der Waals surface area contributed by atoms with Gasteiger partial charge in [-0.1, -0.05) is 19.1 Å². The highest BCUT2D eigenvalue weighted by Gasteiger charge is 2.28. The zero-order valence-corrected chi connectivity index (χ0v) is 17.5. The van der Waals surface area contributed by atoms with E-state index in [9.17, 15) is 14.4 Å². The molecule has 1 heterocycles. The van der Waals surface area contributed by atoms with Crippen molar-refractivity contribution in [1.82, 2.24) is 10.2 Å². The Morgan fingerprint density at radius 2 is 1.76 bits per heavy atom. The van der Waals surface area contributed by atoms with Crippen LogP contribution >= 0.6 is 0 Å². The number of likely N-dealkylation sites (tertiary alicyclic amines) is 1. The summed E-state index contributed by atoms with van der Waals surface area (Å²) < 4.78 is 10.3. The number of amides is 2. The normalized spacial score (nSPS) is 16.9. The van der Waals surface area contributed by atoms with Gasteiger partial charge in [0.25, 0.3) is 5.91 Å². The summed E-state index contributed by atoms with van der Waals surface area (Å²) in [5, 5.41) is 2.55. The first-order chi connectivity index (χ1) is 13.8. The van der Waals surface area contributed by atoms with Crippen molar-refractivity contribution >= 4 is 23.9 Å². The number of nitrogens with one attached hydrogen (secondary N) is 1. The zero-order valence-electron chi connectivity index (χ0n) is 17.5. The molecule has 1 fully saturated rings. The summed E-state index contributed by atoms with van der Waals surface area (Å²) >= 11 is 0. The van der Waals surface area contributed by atoms with Gasteiger partial charge in [0.15, 0.2) is 6.10 Å². The third kappa shape index (κ3) is 6.93. The fraction of sp³-hybridized carbons (Fsp3) is 0.500. The smallest absolute Gasteiger partial charge is 0.329 e. The van der Waals surface area contributed by atoms with E-state index in [0.717, 1.165) is 24.2 Å². The van der Waals surface area contributed by atoms with Gasteiger partial charge in [0, 0.05) is 19.2 Å². The number of piperidine rings is 1. The number of esters is 1. The van der Waals surface area contributed by atoms with Crippen molar-refractivity contribution < 1.29 is 23.9 Å². The van der Waals surface area contributed by atoms with Gasteiger partial charge < -0.3 is 19.7 Å². The number of hydrogen-bond donors (Lipinski definition) is 1. The number of nitrogens with zero attached hydrogens (tertiary/aromatic N) is 1. The predicted molar refractivity (Wildman–Crippen MR) is 110 cm³/mol. The lowest BCUT2D eigenvalue weighted by Gasteiger charge is -2.32. The Balaban J connectivity index is 1.80. The molecule has 1 aliphatic heterocycles. The van der Waals surface area contributed by atoms with Gasteiger partial charge in [0.05, 0.1) is 7.11 Å². The number of ether oxygens (including phenoxy) is 2. The Labute approximate surface area is 172 Å². The first-order valence-electron chi connectivity index (χ1n) is 9.92. The molecule has 0 aromatic heterocycles. The number of carbonyl (C=O) groups excluding carboxylic acids is 3. The summed E-state index contributed by atoms with van der Waals surface area (Å²) in [5.74, 6) is 0.0867. The standard InChI is InChI=1S/C22H30N2O5/c1-15-11-13-24(14-12-15)21(26)17(3)29-22(27)16(2)23-20(25)10-7-18-5-8-19(28-4)9-6-18/h5-10,15-17H,11-14H2,1-4H3,(H,23,25)/t16-,17?/m0/s1. The van der Waals surface area contributed by atoms with Crippen LogP contribution in [0.4, 0.5) is 0 Å². The minimum absolute atomic E-state index is 0.192. The van der Waals surface area contributed by atoms with E-state index in [1.165, 1.54) is 13.0 Å². The molecule has 0 saturated carbocycles. The van der Waals surface area contributed by atoms with Gasteiger partial charge in [0.1, 0.15) is 11.8 Å². The maximum Gasteiger partial charge on any atom is 0.329 e. The average molecular weight is 402 g/mol. The van der Waals surface area contributed by atoms with Gasteiger partial charge in [-0.2, -0.15) is 0 Å². The van der Waals surface area contributed by atoms with E-state index in [-0.39, 0.29) is 5.91 Å². The molecule has 2 rings (SSSR count). The summed E-state index contributed by atoms with van der Waals surface area (Å²) in [4.78, 5) is 38.4. The molecule has 1 aromatic carbocycles. The van der Waals surface area contributed by atoms with E-state index in [2.05, 4.69) is 12.2 Å². The molecule has 1 N–H and O–H groups in total. The van der Waals surface area contributed by atoms with Crippen LogP contribution in [0, 0.1) is 5.92 Å². The topological polar surface area (TPSA) is 84.9 Å². The largest absolute Gasteiger partial charge is 0.497 e. The SMILES string of the molecule is COc1ccc(C=CC(=O)N[C@@H](C)C(=O)OC(C)C(=O)N2CCC(C)CC2)cc1. The van der Waals surface area contributed by atoms with Crippen molar-refractivity contribution in [2.45, 2.75) is 45.8 Å². The number of methoxy groups -OCH3 is 1. The van der Waals surface area contributed by atoms with Gasteiger partial charge in [-0.05, 0) is 56.4 Å². The van der Waals surface area contributed by atoms with Gasteiger partial charge in [-0.25, -0.2) is 4.79 Å². The molecule has 1 saturated heterocycles. The summed E-state index contributed by atoms with van der Waals surface area (Å²) in [5.41, 5.74) is 0.825. The predicted octanol–water partition coefficient (Wildman–Crippen LogP) is 2.40. The van der Waals surface area contributed by atoms with Crippen molar-refractivity contribution in [3.05, 3.63) is 35.9 Å². The van der Waals surface area contributed by atoms with Crippen molar-refractivity contribution in [3.8, 4) is 5.75 Å². The molecule has 7 nitrogen and oxygen atoms in total. The van der Waals surface area contributed by atoms with Gasteiger partial charge in [-0.3, -0.25) is 9.59 Å². The third-order valence-electron chi connectivity index (χ3n) is 4.99. The molecule has 29 heavy (non-hydrogen) atoms. The third-order valence-corrected chi connectivity index (χ3v) is 4.99. The Hall–Kier alpha value is -2.83. The van der Waals surface area contributed by atoms with Crippen molar-refractivity contribution in [1.29, 1.82) is 0 Å². The van der Waals surface area contributed by atoms with Gasteiger partial charge in [-0.15, -0.1) is 0 Å². The second kappa shape index (κ2) is 10.6. The molecule has 0 radical (unpaired) electrons. The van der Waals surface area contributed by atoms with Crippen LogP contribution in [0.3, 0.4) is 0 Å². The first kappa shape index (κ1) is 22.5. The maximum atomic E-state index is 12.4. The Kier molecular flexibility index (Phi) is 8.24. The Morgan fingerprint density at radius 1 is 1.14 bits per heavy atom. The quantitative estimate of drug-likeness (QED) is 0.559. The Morgan fingerprint density at radius 3 is 2.34 bits per heavy atom. The molecule has 1 unspecified atom stereocenters. The lowest BCUT2D eigenvalue weighted by molar-refractivity contribution is -0.161. The van der Waals surface area contributed by atoms with Crippen molar-refractivity contribution in [2.75, 3.05) is 20.2 Å². The number of benzene rings is 1. The molecule has 0 bridgehead atoms. The minimum Gasteiger partial charge on any atom is -0.497 e. The lowest BCUT2D eigenvalue weighted by atomic mass is 9.99. The van der Waals surface area contributed by atoms with Crippen molar-refractivity contribution in [3.63, 3.8) is 0 Å². The number of carbonyl (C=O) groups is 3. The molecule has 0 aliphatic carbocycles. The van der Waals surface area contributed by atoms with Crippen LogP contribution in [0.5, 0.6) is 5.75 Å². The zero-order chi connectivity index (χ0) is 21.4. The fourth-order valence-electron chi connectivity index (χ4n) is 3.02. The van der Waals surface area contributed by atoms with Crippen molar-refractivity contribution in [2.24, 2.45) is 5.92 Å². The van der Waals surface area contributed by atoms with Crippen LogP contribution in [0.2, 0.25) is 0 Å². The molecular formula is C22H30N2O5. The van der Waals surface area contributed by atoms with Crippen LogP contribution in [0.15, 0.2) is 30.3 Å². The summed E-state index contributed by atoms with van der Waals surface area (Å²) in [6, 6.07) is 6.35. The number of rotatable bonds is 7. The number of hydrogen-bond acceptors (Lipinski definition) is 5. The van der Waals surface area contributed by atoms with Crippen LogP contribution in [-0.4, -0.2) is 55.0 Å². The van der Waals surface area contributed by atoms with E-state index in [1.54, 1.807) is 37.1 Å². The molecule has 158 valence electrons. The van der Waals surface area contributed by atoms with Crippen LogP contribution in [-0.2, 0) is 19.1 Å². The van der Waals surface area contributed by atoms with Crippen LogP contribution in [0.25, 0.3) is 6.08 Å². The Bertz CT molecular complexity index is 736. The second-order valence-electron chi connectivity index (χ2n) is 7.42. The highest BCUT2D eigenvalue weighted by atomic mass is 16.5. The highest BCUT2D eigenvalue weighted by Crippen LogP contribution is 2.17. The highest BCUT2D eigenvalue weighted by molar-refractivity contribution is 5.95. The molecule has 1 aromatic rings. The maximum absolute atomic E-state index is 12.4. The molecule has 0 spiro atoms. The summed E-state index contributed by atoms with van der Waals surface area (Å²) in [6.45, 7) is 6.63. The molecular weight excluding hydrogens is 372 g/mol. The summed E-state index contributed by atoms with van der Waals surface area (Å²) in [7, 11) is 1.58. The second-order valence-corrected chi connectivity index (χ2v) is 7.42. The summed E-state index contributed by atoms with van der Waals surface area (Å²) in [6.07, 6.45) is 4.02. The van der Waals surface area contributed by atoms with E-state index in [0.29, 0.717) is 19.0 Å². The van der Waals surface area contributed by atoms with Crippen LogP contribution < -0.4 is 10.1 Å². The van der Waals surface area contributed by atoms with Crippen LogP contribution in [0.1, 0.15) is 39.2 Å². The van der Waals surface area contributed by atoms with E-state index in [4.69, 9.17) is 9.47 Å². The lowest BCUT2D eigenvalue weighted by Crippen LogP contribution is -2.46. The average Bonchev–Trinajstić information content (AvgIpc) is 2.72. The van der Waals surface area contributed by atoms with E-state index >= 15 is 0 Å². The molecule has 2 amide bonds. The molecule has 2 atom stereocenters. The minimum atomic E-state index is -0.870. The molecule has 7 heteroatoms. The monoisotopic (exact) mass is 402 g/mol. The molecule has 1 aliphatic rings. The van der Waals surface area contributed by atoms with E-state index < -0.39 is 24.0 Å². The van der Waals surface area contributed by atoms with E-state index in [1.807, 2.05) is 12.1 Å². The van der Waals surface area contributed by atoms with Gasteiger partial charge >= 0.3 is 5.97 Å².